The van der Waals surface area contributed by atoms with E-state index in [1.54, 1.807) is 38.1 Å². The zero-order valence-electron chi connectivity index (χ0n) is 18.5. The number of amidine groups is 3. The number of carbonyl (C=O) groups is 1. The van der Waals surface area contributed by atoms with Crippen molar-refractivity contribution in [3.63, 3.8) is 0 Å². The highest BCUT2D eigenvalue weighted by atomic mass is 32.2. The average Bonchev–Trinajstić information content (AvgIpc) is 3.25. The van der Waals surface area contributed by atoms with E-state index in [1.165, 1.54) is 0 Å². The minimum Gasteiger partial charge on any atom is -0.508 e. The highest BCUT2D eigenvalue weighted by Crippen LogP contribution is 2.32. The standard InChI is InChI=1S/C22H23N5O4S2/c1-12(2)11-33(30,31)22-25-32-21-24-20(29)18(19(23)27(21)22)9-15-8-13(3)26(14(15)4)16-6-5-7-17(28)10-16/h5-10,12,23,28H,11H2,1-4H3. The van der Waals surface area contributed by atoms with Crippen molar-refractivity contribution in [1.29, 1.82) is 5.41 Å². The van der Waals surface area contributed by atoms with Gasteiger partial charge in [0.2, 0.25) is 20.2 Å². The first-order valence-corrected chi connectivity index (χ1v) is 12.6. The summed E-state index contributed by atoms with van der Waals surface area (Å²) in [5, 5.41) is 18.3. The van der Waals surface area contributed by atoms with E-state index in [1.807, 2.05) is 30.5 Å². The number of nitrogens with one attached hydrogen (secondary N) is 1. The van der Waals surface area contributed by atoms with Crippen LogP contribution < -0.4 is 0 Å². The smallest absolute Gasteiger partial charge is 0.283 e. The topological polar surface area (TPSA) is 128 Å². The molecule has 0 atom stereocenters. The average molecular weight is 486 g/mol. The van der Waals surface area contributed by atoms with Crippen LogP contribution in [0.1, 0.15) is 30.8 Å². The molecule has 2 aromatic rings. The van der Waals surface area contributed by atoms with E-state index >= 15 is 0 Å². The number of rotatable bonds is 4. The number of hydrogen-bond donors (Lipinski definition) is 2. The van der Waals surface area contributed by atoms with Crippen LogP contribution >= 0.6 is 11.9 Å². The lowest BCUT2D eigenvalue weighted by Gasteiger charge is -2.24. The zero-order valence-corrected chi connectivity index (χ0v) is 20.2. The van der Waals surface area contributed by atoms with Gasteiger partial charge in [0.05, 0.1) is 23.3 Å². The summed E-state index contributed by atoms with van der Waals surface area (Å²) in [6, 6.07) is 8.66. The number of hydrogen-bond acceptors (Lipinski definition) is 7. The van der Waals surface area contributed by atoms with E-state index in [-0.39, 0.29) is 39.2 Å². The second kappa shape index (κ2) is 8.31. The molecule has 172 valence electrons. The van der Waals surface area contributed by atoms with Crippen molar-refractivity contribution in [2.75, 3.05) is 5.75 Å². The second-order valence-corrected chi connectivity index (χ2v) is 10.9. The van der Waals surface area contributed by atoms with Crippen molar-refractivity contribution in [2.24, 2.45) is 15.3 Å². The molecule has 1 aromatic carbocycles. The van der Waals surface area contributed by atoms with Gasteiger partial charge in [0.25, 0.3) is 5.91 Å². The summed E-state index contributed by atoms with van der Waals surface area (Å²) in [4.78, 5) is 17.8. The maximum atomic E-state index is 12.8. The molecule has 11 heteroatoms. The number of aliphatic imine (C=N–C) groups is 1. The van der Waals surface area contributed by atoms with Crippen molar-refractivity contribution >= 4 is 49.9 Å². The van der Waals surface area contributed by atoms with Crippen molar-refractivity contribution in [3.8, 4) is 11.4 Å². The Labute approximate surface area is 196 Å². The fourth-order valence-corrected chi connectivity index (χ4v) is 6.56. The molecule has 9 nitrogen and oxygen atoms in total. The maximum absolute atomic E-state index is 12.8. The number of sulfone groups is 1. The van der Waals surface area contributed by atoms with Crippen molar-refractivity contribution in [3.05, 3.63) is 52.9 Å². The normalized spacial score (nSPS) is 17.6. The lowest BCUT2D eigenvalue weighted by atomic mass is 10.1. The number of amides is 1. The quantitative estimate of drug-likeness (QED) is 0.504. The SMILES string of the molecule is Cc1cc(C=C2C(=N)N3C(=NC2=O)SN=C3S(=O)(=O)CC(C)C)c(C)n1-c1cccc(O)c1. The lowest BCUT2D eigenvalue weighted by Crippen LogP contribution is -2.46. The van der Waals surface area contributed by atoms with Gasteiger partial charge in [0, 0.05) is 23.1 Å². The summed E-state index contributed by atoms with van der Waals surface area (Å²) in [5.74, 6) is -1.02. The number of aromatic nitrogens is 1. The summed E-state index contributed by atoms with van der Waals surface area (Å²) in [5.41, 5.74) is 3.06. The number of carbonyl (C=O) groups excluding carboxylic acids is 1. The van der Waals surface area contributed by atoms with E-state index in [0.29, 0.717) is 5.56 Å². The predicted molar refractivity (Wildman–Crippen MR) is 131 cm³/mol. The van der Waals surface area contributed by atoms with Gasteiger partial charge in [-0.2, -0.15) is 9.39 Å². The van der Waals surface area contributed by atoms with Gasteiger partial charge in [-0.15, -0.1) is 0 Å². The Morgan fingerprint density at radius 3 is 2.64 bits per heavy atom. The van der Waals surface area contributed by atoms with E-state index in [9.17, 15) is 18.3 Å². The van der Waals surface area contributed by atoms with Crippen LogP contribution in [0.4, 0.5) is 0 Å². The Balaban J connectivity index is 1.75. The fraction of sp³-hybridized carbons (Fsp3) is 0.273. The molecule has 0 spiro atoms. The number of phenolic OH excluding ortho intramolecular Hbond substituents is 1. The Bertz CT molecular complexity index is 1380. The number of nitrogens with zero attached hydrogens (tertiary/aromatic N) is 4. The molecular formula is C22H23N5O4S2. The molecule has 0 aliphatic carbocycles. The van der Waals surface area contributed by atoms with Gasteiger partial charge in [-0.1, -0.05) is 19.9 Å². The molecule has 2 aliphatic rings. The summed E-state index contributed by atoms with van der Waals surface area (Å²) >= 11 is 0.781. The third-order valence-corrected chi connectivity index (χ3v) is 7.94. The molecular weight excluding hydrogens is 462 g/mol. The van der Waals surface area contributed by atoms with E-state index < -0.39 is 15.7 Å². The lowest BCUT2D eigenvalue weighted by molar-refractivity contribution is -0.114. The molecule has 0 radical (unpaired) electrons. The number of aromatic hydroxyl groups is 1. The van der Waals surface area contributed by atoms with Gasteiger partial charge in [-0.25, -0.2) is 13.3 Å². The predicted octanol–water partition coefficient (Wildman–Crippen LogP) is 3.45. The fourth-order valence-electron chi connectivity index (χ4n) is 3.83. The molecule has 0 fully saturated rings. The molecule has 3 heterocycles. The van der Waals surface area contributed by atoms with Crippen LogP contribution in [0.15, 0.2) is 45.3 Å². The first-order valence-electron chi connectivity index (χ1n) is 10.2. The number of benzene rings is 1. The maximum Gasteiger partial charge on any atom is 0.283 e. The van der Waals surface area contributed by atoms with Crippen LogP contribution in [-0.4, -0.2) is 50.8 Å². The minimum atomic E-state index is -3.76. The zero-order chi connectivity index (χ0) is 24.1. The second-order valence-electron chi connectivity index (χ2n) is 8.26. The van der Waals surface area contributed by atoms with Crippen LogP contribution in [0.5, 0.6) is 5.75 Å². The van der Waals surface area contributed by atoms with Gasteiger partial charge in [0.15, 0.2) is 0 Å². The van der Waals surface area contributed by atoms with E-state index in [0.717, 1.165) is 33.9 Å². The molecule has 0 unspecified atom stereocenters. The van der Waals surface area contributed by atoms with Crippen LogP contribution in [-0.2, 0) is 14.6 Å². The summed E-state index contributed by atoms with van der Waals surface area (Å²) in [6.07, 6.45) is 1.54. The molecule has 0 saturated carbocycles. The molecule has 4 rings (SSSR count). The highest BCUT2D eigenvalue weighted by molar-refractivity contribution is 8.16. The third kappa shape index (κ3) is 4.13. The first-order chi connectivity index (χ1) is 15.5. The Morgan fingerprint density at radius 1 is 1.24 bits per heavy atom. The molecule has 2 aliphatic heterocycles. The van der Waals surface area contributed by atoms with Gasteiger partial charge in [-0.05, 0) is 49.6 Å². The van der Waals surface area contributed by atoms with Crippen LogP contribution in [0.25, 0.3) is 11.8 Å². The Morgan fingerprint density at radius 2 is 1.97 bits per heavy atom. The Kier molecular flexibility index (Phi) is 5.79. The first kappa shape index (κ1) is 23.0. The largest absolute Gasteiger partial charge is 0.508 e. The summed E-state index contributed by atoms with van der Waals surface area (Å²) < 4.78 is 31.5. The van der Waals surface area contributed by atoms with Gasteiger partial charge < -0.3 is 9.67 Å². The third-order valence-electron chi connectivity index (χ3n) is 5.18. The molecule has 1 aromatic heterocycles. The highest BCUT2D eigenvalue weighted by Gasteiger charge is 2.42. The Hall–Kier alpha value is -3.18. The minimum absolute atomic E-state index is 0.0233. The van der Waals surface area contributed by atoms with E-state index in [4.69, 9.17) is 5.41 Å². The summed E-state index contributed by atoms with van der Waals surface area (Å²) in [7, 11) is -3.76. The van der Waals surface area contributed by atoms with Gasteiger partial charge in [0.1, 0.15) is 11.6 Å². The van der Waals surface area contributed by atoms with Gasteiger partial charge >= 0.3 is 0 Å². The monoisotopic (exact) mass is 485 g/mol. The molecule has 1 amide bonds. The van der Waals surface area contributed by atoms with Crippen molar-refractivity contribution in [2.45, 2.75) is 27.7 Å². The van der Waals surface area contributed by atoms with Gasteiger partial charge in [-0.3, -0.25) is 10.2 Å². The summed E-state index contributed by atoms with van der Waals surface area (Å²) in [6.45, 7) is 7.33. The van der Waals surface area contributed by atoms with E-state index in [2.05, 4.69) is 9.39 Å². The van der Waals surface area contributed by atoms with Crippen molar-refractivity contribution in [1.82, 2.24) is 9.47 Å². The molecule has 0 saturated heterocycles. The number of aryl methyl sites for hydroxylation is 1. The van der Waals surface area contributed by atoms with Crippen LogP contribution in [0.2, 0.25) is 0 Å². The molecule has 2 N–H and O–H groups in total. The molecule has 33 heavy (non-hydrogen) atoms. The molecule has 0 bridgehead atoms. The van der Waals surface area contributed by atoms with Crippen LogP contribution in [0, 0.1) is 25.2 Å². The number of fused-ring (bicyclic) bond motifs is 1. The number of phenols is 1. The van der Waals surface area contributed by atoms with Crippen molar-refractivity contribution < 1.29 is 18.3 Å². The van der Waals surface area contributed by atoms with Crippen LogP contribution in [0.3, 0.4) is 0 Å².